The highest BCUT2D eigenvalue weighted by atomic mass is 16.7. The molecule has 0 aromatic rings. The molecule has 4 saturated carbocycles. The lowest BCUT2D eigenvalue weighted by Crippen LogP contribution is -2.71. The first-order valence-corrected chi connectivity index (χ1v) is 16.5. The molecule has 43 heavy (non-hydrogen) atoms. The minimum absolute atomic E-state index is 0.000248. The third kappa shape index (κ3) is 5.52. The van der Waals surface area contributed by atoms with E-state index in [0.29, 0.717) is 32.3 Å². The van der Waals surface area contributed by atoms with Crippen molar-refractivity contribution in [2.75, 3.05) is 13.2 Å². The molecule has 5 fully saturated rings. The first-order chi connectivity index (χ1) is 20.1. The smallest absolute Gasteiger partial charge is 0.186 e. The molecule has 1 heterocycles. The number of ether oxygens (including phenoxy) is 2. The van der Waals surface area contributed by atoms with Crippen LogP contribution in [0.25, 0.3) is 0 Å². The number of aliphatic hydroxyl groups is 9. The molecule has 7 unspecified atom stereocenters. The molecule has 1 saturated heterocycles. The van der Waals surface area contributed by atoms with Crippen LogP contribution in [0, 0.1) is 46.3 Å². The maximum Gasteiger partial charge on any atom is 0.186 e. The van der Waals surface area contributed by atoms with Crippen LogP contribution in [0.1, 0.15) is 79.1 Å². The monoisotopic (exact) mass is 616 g/mol. The van der Waals surface area contributed by atoms with Gasteiger partial charge in [0.15, 0.2) is 6.29 Å². The molecule has 5 aliphatic rings. The molecule has 0 aromatic heterocycles. The van der Waals surface area contributed by atoms with E-state index in [9.17, 15) is 46.0 Å². The molecule has 0 aromatic carbocycles. The first-order valence-electron chi connectivity index (χ1n) is 16.5. The molecule has 11 nitrogen and oxygen atoms in total. The summed E-state index contributed by atoms with van der Waals surface area (Å²) in [4.78, 5) is 0. The SMILES string of the molecule is C[C@@H](CCC[C@@H](C)[C@H]1[C@@H](O)[C@@H](O)C2[C@]3(O)C[C@H](O)C4[C@@H](O)[C@@H](O)CC[C@]4(C)C3CC[C@@]21C)COC1OCC(O)C(O)C1O. The lowest BCUT2D eigenvalue weighted by molar-refractivity contribution is -0.280. The van der Waals surface area contributed by atoms with Gasteiger partial charge in [-0.25, -0.2) is 0 Å². The van der Waals surface area contributed by atoms with Crippen molar-refractivity contribution in [1.82, 2.24) is 0 Å². The Bertz CT molecular complexity index is 970. The van der Waals surface area contributed by atoms with E-state index in [-0.39, 0.29) is 36.7 Å². The average Bonchev–Trinajstić information content (AvgIpc) is 3.14. The molecule has 9 N–H and O–H groups in total. The fraction of sp³-hybridized carbons (Fsp3) is 1.00. The van der Waals surface area contributed by atoms with Gasteiger partial charge in [0.25, 0.3) is 0 Å². The van der Waals surface area contributed by atoms with E-state index in [4.69, 9.17) is 9.47 Å². The average molecular weight is 617 g/mol. The highest BCUT2D eigenvalue weighted by Gasteiger charge is 2.73. The molecule has 0 bridgehead atoms. The molecule has 0 radical (unpaired) electrons. The highest BCUT2D eigenvalue weighted by Crippen LogP contribution is 2.69. The van der Waals surface area contributed by atoms with Crippen LogP contribution >= 0.6 is 0 Å². The van der Waals surface area contributed by atoms with Gasteiger partial charge in [-0.05, 0) is 66.6 Å². The van der Waals surface area contributed by atoms with Gasteiger partial charge in [-0.2, -0.15) is 0 Å². The molecular formula is C32H56O11. The number of rotatable bonds is 8. The lowest BCUT2D eigenvalue weighted by Gasteiger charge is -2.66. The van der Waals surface area contributed by atoms with Gasteiger partial charge in [-0.1, -0.05) is 40.5 Å². The van der Waals surface area contributed by atoms with E-state index in [2.05, 4.69) is 13.8 Å². The molecule has 0 spiro atoms. The summed E-state index contributed by atoms with van der Waals surface area (Å²) >= 11 is 0. The van der Waals surface area contributed by atoms with Crippen LogP contribution in [0.5, 0.6) is 0 Å². The third-order valence-corrected chi connectivity index (χ3v) is 12.9. The molecular weight excluding hydrogens is 560 g/mol. The van der Waals surface area contributed by atoms with Crippen molar-refractivity contribution in [3.63, 3.8) is 0 Å². The van der Waals surface area contributed by atoms with E-state index in [1.807, 2.05) is 13.8 Å². The second kappa shape index (κ2) is 12.3. The van der Waals surface area contributed by atoms with Gasteiger partial charge < -0.3 is 55.4 Å². The topological polar surface area (TPSA) is 201 Å². The van der Waals surface area contributed by atoms with E-state index < -0.39 is 83.4 Å². The summed E-state index contributed by atoms with van der Waals surface area (Å²) in [6.07, 6.45) is -5.15. The van der Waals surface area contributed by atoms with Crippen LogP contribution in [0.3, 0.4) is 0 Å². The maximum absolute atomic E-state index is 12.5. The Hall–Kier alpha value is -0.440. The molecule has 1 aliphatic heterocycles. The molecule has 250 valence electrons. The summed E-state index contributed by atoms with van der Waals surface area (Å²) in [5.74, 6) is -1.52. The minimum Gasteiger partial charge on any atom is -0.393 e. The van der Waals surface area contributed by atoms with Gasteiger partial charge >= 0.3 is 0 Å². The van der Waals surface area contributed by atoms with Gasteiger partial charge in [0, 0.05) is 18.3 Å². The summed E-state index contributed by atoms with van der Waals surface area (Å²) in [7, 11) is 0. The Morgan fingerprint density at radius 2 is 1.44 bits per heavy atom. The Morgan fingerprint density at radius 3 is 2.14 bits per heavy atom. The molecule has 4 aliphatic carbocycles. The highest BCUT2D eigenvalue weighted by molar-refractivity contribution is 5.22. The Kier molecular flexibility index (Phi) is 9.70. The van der Waals surface area contributed by atoms with Gasteiger partial charge in [0.05, 0.1) is 49.3 Å². The lowest BCUT2D eigenvalue weighted by atomic mass is 9.41. The van der Waals surface area contributed by atoms with Gasteiger partial charge in [-0.3, -0.25) is 0 Å². The molecule has 18 atom stereocenters. The van der Waals surface area contributed by atoms with Crippen LogP contribution in [-0.4, -0.2) is 120 Å². The summed E-state index contributed by atoms with van der Waals surface area (Å²) in [5.41, 5.74) is -2.56. The molecule has 0 amide bonds. The van der Waals surface area contributed by atoms with Crippen LogP contribution < -0.4 is 0 Å². The van der Waals surface area contributed by atoms with E-state index >= 15 is 0 Å². The van der Waals surface area contributed by atoms with Crippen molar-refractivity contribution in [1.29, 1.82) is 0 Å². The first kappa shape index (κ1) is 33.9. The standard InChI is InChI=1S/C32H56O11/c1-15(13-42-29-27(40)24(37)19(35)14-43-29)6-5-7-16(2)21-25(38)26(39)28-31(21,4)11-9-20-30(3)10-8-17(33)23(36)22(30)18(34)12-32(20,28)41/h15-29,33-41H,5-14H2,1-4H3/t15-,16+,17-,18-,19?,20?,21-,22?,23-,24?,25+,26+,27?,28?,29?,30+,31+,32-/m0/s1. The van der Waals surface area contributed by atoms with Gasteiger partial charge in [-0.15, -0.1) is 0 Å². The number of hydrogen-bond donors (Lipinski definition) is 9. The quantitative estimate of drug-likeness (QED) is 0.176. The summed E-state index contributed by atoms with van der Waals surface area (Å²) < 4.78 is 11.0. The summed E-state index contributed by atoms with van der Waals surface area (Å²) in [6.45, 7) is 8.40. The summed E-state index contributed by atoms with van der Waals surface area (Å²) in [5, 5.41) is 97.6. The predicted molar refractivity (Wildman–Crippen MR) is 154 cm³/mol. The van der Waals surface area contributed by atoms with Gasteiger partial charge in [0.1, 0.15) is 18.3 Å². The van der Waals surface area contributed by atoms with Crippen molar-refractivity contribution in [2.24, 2.45) is 46.3 Å². The van der Waals surface area contributed by atoms with Crippen molar-refractivity contribution in [3.05, 3.63) is 0 Å². The zero-order valence-corrected chi connectivity index (χ0v) is 26.1. The normalized spacial score (nSPS) is 54.8. The minimum atomic E-state index is -1.41. The second-order valence-corrected chi connectivity index (χ2v) is 15.6. The van der Waals surface area contributed by atoms with Crippen molar-refractivity contribution in [2.45, 2.75) is 140 Å². The molecule has 5 rings (SSSR count). The molecule has 11 heteroatoms. The Balaban J connectivity index is 1.22. The fourth-order valence-corrected chi connectivity index (χ4v) is 10.9. The van der Waals surface area contributed by atoms with Crippen LogP contribution in [0.2, 0.25) is 0 Å². The van der Waals surface area contributed by atoms with Gasteiger partial charge in [0.2, 0.25) is 0 Å². The van der Waals surface area contributed by atoms with Crippen molar-refractivity contribution in [3.8, 4) is 0 Å². The number of fused-ring (bicyclic) bond motifs is 5. The van der Waals surface area contributed by atoms with E-state index in [1.165, 1.54) is 0 Å². The van der Waals surface area contributed by atoms with Crippen LogP contribution in [0.15, 0.2) is 0 Å². The third-order valence-electron chi connectivity index (χ3n) is 12.9. The van der Waals surface area contributed by atoms with Crippen LogP contribution in [0.4, 0.5) is 0 Å². The zero-order chi connectivity index (χ0) is 31.6. The van der Waals surface area contributed by atoms with Crippen molar-refractivity contribution >= 4 is 0 Å². The zero-order valence-electron chi connectivity index (χ0n) is 26.1. The van der Waals surface area contributed by atoms with Crippen molar-refractivity contribution < 1.29 is 55.4 Å². The summed E-state index contributed by atoms with van der Waals surface area (Å²) in [6, 6.07) is 0. The Morgan fingerprint density at radius 1 is 0.767 bits per heavy atom. The number of hydrogen-bond acceptors (Lipinski definition) is 11. The van der Waals surface area contributed by atoms with E-state index in [1.54, 1.807) is 0 Å². The maximum atomic E-state index is 12.5. The number of aliphatic hydroxyl groups excluding tert-OH is 8. The van der Waals surface area contributed by atoms with E-state index in [0.717, 1.165) is 19.3 Å². The van der Waals surface area contributed by atoms with Crippen LogP contribution in [-0.2, 0) is 9.47 Å². The second-order valence-electron chi connectivity index (χ2n) is 15.6. The predicted octanol–water partition coefficient (Wildman–Crippen LogP) is -0.0976. The Labute approximate surface area is 254 Å². The largest absolute Gasteiger partial charge is 0.393 e. The fourth-order valence-electron chi connectivity index (χ4n) is 10.9.